The highest BCUT2D eigenvalue weighted by Crippen LogP contribution is 2.52. The highest BCUT2D eigenvalue weighted by Gasteiger charge is 2.60. The van der Waals surface area contributed by atoms with Crippen LogP contribution in [-0.2, 0) is 14.2 Å². The topological polar surface area (TPSA) is 27.7 Å². The van der Waals surface area contributed by atoms with Crippen molar-refractivity contribution in [2.75, 3.05) is 13.2 Å². The van der Waals surface area contributed by atoms with Crippen LogP contribution in [0.3, 0.4) is 0 Å². The van der Waals surface area contributed by atoms with E-state index < -0.39 is 5.79 Å². The van der Waals surface area contributed by atoms with Gasteiger partial charge in [0.15, 0.2) is 5.79 Å². The van der Waals surface area contributed by atoms with E-state index in [0.717, 1.165) is 25.9 Å². The largest absolute Gasteiger partial charge is 0.370 e. The third-order valence-electron chi connectivity index (χ3n) is 4.48. The van der Waals surface area contributed by atoms with Crippen LogP contribution in [0.4, 0.5) is 0 Å². The first-order valence-electron chi connectivity index (χ1n) is 7.33. The normalized spacial score (nSPS) is 40.6. The molecule has 3 nitrogen and oxygen atoms in total. The number of ether oxygens (including phenoxy) is 3. The summed E-state index contributed by atoms with van der Waals surface area (Å²) >= 11 is 0. The Balaban J connectivity index is 1.74. The Bertz CT molecular complexity index is 422. The van der Waals surface area contributed by atoms with Gasteiger partial charge in [-0.1, -0.05) is 17.7 Å². The maximum atomic E-state index is 6.40. The Morgan fingerprint density at radius 3 is 3.16 bits per heavy atom. The minimum atomic E-state index is -0.506. The van der Waals surface area contributed by atoms with E-state index in [1.807, 2.05) is 0 Å². The fraction of sp³-hybridized carbons (Fsp3) is 0.750. The zero-order valence-corrected chi connectivity index (χ0v) is 12.2. The average Bonchev–Trinajstić information content (AvgIpc) is 2.79. The maximum absolute atomic E-state index is 6.40. The summed E-state index contributed by atoms with van der Waals surface area (Å²) < 4.78 is 18.3. The Hall–Kier alpha value is -0.640. The van der Waals surface area contributed by atoms with Gasteiger partial charge in [0.2, 0.25) is 0 Å². The zero-order valence-electron chi connectivity index (χ0n) is 12.2. The van der Waals surface area contributed by atoms with Crippen molar-refractivity contribution in [1.82, 2.24) is 0 Å². The molecule has 1 spiro atoms. The molecule has 3 rings (SSSR count). The fourth-order valence-electron chi connectivity index (χ4n) is 3.49. The van der Waals surface area contributed by atoms with E-state index in [0.29, 0.717) is 6.61 Å². The maximum Gasteiger partial charge on any atom is 0.169 e. The lowest BCUT2D eigenvalue weighted by Crippen LogP contribution is -2.40. The van der Waals surface area contributed by atoms with E-state index in [4.69, 9.17) is 14.2 Å². The summed E-state index contributed by atoms with van der Waals surface area (Å²) in [6.45, 7) is 7.57. The molecule has 2 fully saturated rings. The van der Waals surface area contributed by atoms with Crippen molar-refractivity contribution in [2.45, 2.75) is 63.9 Å². The van der Waals surface area contributed by atoms with E-state index in [1.165, 1.54) is 17.6 Å². The summed E-state index contributed by atoms with van der Waals surface area (Å²) in [5.74, 6) is -0.506. The Labute approximate surface area is 115 Å². The monoisotopic (exact) mass is 264 g/mol. The van der Waals surface area contributed by atoms with Gasteiger partial charge in [-0.2, -0.15) is 0 Å². The molecule has 0 unspecified atom stereocenters. The van der Waals surface area contributed by atoms with Crippen LogP contribution in [0.1, 0.15) is 46.5 Å². The van der Waals surface area contributed by atoms with E-state index in [1.54, 1.807) is 0 Å². The van der Waals surface area contributed by atoms with Crippen LogP contribution in [0.15, 0.2) is 23.3 Å². The first kappa shape index (κ1) is 13.3. The van der Waals surface area contributed by atoms with Gasteiger partial charge >= 0.3 is 0 Å². The number of rotatable bonds is 3. The van der Waals surface area contributed by atoms with Crippen LogP contribution in [0.5, 0.6) is 0 Å². The number of hydrogen-bond donors (Lipinski definition) is 0. The lowest BCUT2D eigenvalue weighted by molar-refractivity contribution is -0.229. The highest BCUT2D eigenvalue weighted by atomic mass is 16.7. The van der Waals surface area contributed by atoms with E-state index in [-0.39, 0.29) is 11.7 Å². The third kappa shape index (κ3) is 2.28. The molecule has 1 aliphatic carbocycles. The highest BCUT2D eigenvalue weighted by molar-refractivity contribution is 5.30. The summed E-state index contributed by atoms with van der Waals surface area (Å²) in [7, 11) is 0. The van der Waals surface area contributed by atoms with Crippen LogP contribution in [0.2, 0.25) is 0 Å². The van der Waals surface area contributed by atoms with E-state index in [2.05, 4.69) is 32.9 Å². The van der Waals surface area contributed by atoms with Gasteiger partial charge in [-0.15, -0.1) is 0 Å². The summed E-state index contributed by atoms with van der Waals surface area (Å²) in [6.07, 6.45) is 8.84. The van der Waals surface area contributed by atoms with Crippen LogP contribution in [0.25, 0.3) is 0 Å². The number of allylic oxidation sites excluding steroid dienone is 2. The average molecular weight is 264 g/mol. The molecule has 2 aliphatic heterocycles. The Morgan fingerprint density at radius 2 is 2.37 bits per heavy atom. The molecule has 2 heterocycles. The molecule has 0 radical (unpaired) electrons. The van der Waals surface area contributed by atoms with Crippen molar-refractivity contribution in [2.24, 2.45) is 0 Å². The van der Waals surface area contributed by atoms with Gasteiger partial charge in [0.05, 0.1) is 19.3 Å². The van der Waals surface area contributed by atoms with Crippen molar-refractivity contribution in [3.8, 4) is 0 Å². The molecular formula is C16H24O3. The predicted octanol–water partition coefficient (Wildman–Crippen LogP) is 3.35. The quantitative estimate of drug-likeness (QED) is 0.732. The lowest BCUT2D eigenvalue weighted by atomic mass is 9.81. The second kappa shape index (κ2) is 4.72. The summed E-state index contributed by atoms with van der Waals surface area (Å²) in [4.78, 5) is 0. The van der Waals surface area contributed by atoms with Gasteiger partial charge < -0.3 is 14.2 Å². The van der Waals surface area contributed by atoms with Crippen LogP contribution < -0.4 is 0 Å². The molecule has 0 bridgehead atoms. The number of hydrogen-bond acceptors (Lipinski definition) is 3. The first-order chi connectivity index (χ1) is 9.04. The van der Waals surface area contributed by atoms with Crippen LogP contribution in [-0.4, -0.2) is 30.7 Å². The molecule has 0 aromatic heterocycles. The molecule has 0 saturated carbocycles. The zero-order chi connectivity index (χ0) is 13.5. The molecule has 0 N–H and O–H groups in total. The molecule has 3 heteroatoms. The fourth-order valence-corrected chi connectivity index (χ4v) is 3.49. The molecular weight excluding hydrogens is 240 g/mol. The molecule has 0 amide bonds. The smallest absolute Gasteiger partial charge is 0.169 e. The van der Waals surface area contributed by atoms with Crippen molar-refractivity contribution in [1.29, 1.82) is 0 Å². The van der Waals surface area contributed by atoms with Gasteiger partial charge in [-0.25, -0.2) is 0 Å². The summed E-state index contributed by atoms with van der Waals surface area (Å²) in [6, 6.07) is 0. The summed E-state index contributed by atoms with van der Waals surface area (Å²) in [5, 5.41) is 0. The molecule has 2 saturated heterocycles. The SMILES string of the molecule is CC(C)=CCO[C@]1(C)C[C@@H]2OCC3=CCCC[C@]32O1. The van der Waals surface area contributed by atoms with Crippen molar-refractivity contribution < 1.29 is 14.2 Å². The van der Waals surface area contributed by atoms with E-state index in [9.17, 15) is 0 Å². The van der Waals surface area contributed by atoms with Gasteiger partial charge in [0.1, 0.15) is 5.60 Å². The summed E-state index contributed by atoms with van der Waals surface area (Å²) in [5.41, 5.74) is 2.44. The van der Waals surface area contributed by atoms with Gasteiger partial charge in [0.25, 0.3) is 0 Å². The third-order valence-corrected chi connectivity index (χ3v) is 4.48. The van der Waals surface area contributed by atoms with Crippen molar-refractivity contribution in [3.63, 3.8) is 0 Å². The second-order valence-corrected chi connectivity index (χ2v) is 6.34. The molecule has 0 aromatic rings. The lowest BCUT2D eigenvalue weighted by Gasteiger charge is -2.34. The molecule has 0 aromatic carbocycles. The Morgan fingerprint density at radius 1 is 1.53 bits per heavy atom. The standard InChI is InChI=1S/C16H24O3/c1-12(2)7-9-18-15(3)10-14-16(19-15)8-5-4-6-13(16)11-17-14/h6-7,14H,4-5,8-11H2,1-3H3/t14-,15-,16-/m0/s1. The van der Waals surface area contributed by atoms with Gasteiger partial charge in [-0.05, 0) is 45.6 Å². The van der Waals surface area contributed by atoms with Gasteiger partial charge in [-0.3, -0.25) is 0 Å². The first-order valence-corrected chi connectivity index (χ1v) is 7.33. The second-order valence-electron chi connectivity index (χ2n) is 6.34. The van der Waals surface area contributed by atoms with Crippen LogP contribution in [0, 0.1) is 0 Å². The van der Waals surface area contributed by atoms with Crippen molar-refractivity contribution in [3.05, 3.63) is 23.3 Å². The Kier molecular flexibility index (Phi) is 3.32. The molecule has 3 atom stereocenters. The molecule has 19 heavy (non-hydrogen) atoms. The molecule has 106 valence electrons. The van der Waals surface area contributed by atoms with E-state index >= 15 is 0 Å². The van der Waals surface area contributed by atoms with Crippen molar-refractivity contribution >= 4 is 0 Å². The van der Waals surface area contributed by atoms with Gasteiger partial charge in [0, 0.05) is 6.42 Å². The van der Waals surface area contributed by atoms with Crippen LogP contribution >= 0.6 is 0 Å². The molecule has 3 aliphatic rings. The predicted molar refractivity (Wildman–Crippen MR) is 73.9 cm³/mol. The minimum absolute atomic E-state index is 0.177. The minimum Gasteiger partial charge on any atom is -0.370 e.